The van der Waals surface area contributed by atoms with Gasteiger partial charge in [-0.1, -0.05) is 25.2 Å². The number of carboxylic acids is 1. The van der Waals surface area contributed by atoms with Crippen LogP contribution in [0.2, 0.25) is 0 Å². The summed E-state index contributed by atoms with van der Waals surface area (Å²) in [6.07, 6.45) is 10.3. The van der Waals surface area contributed by atoms with Crippen molar-refractivity contribution >= 4 is 5.97 Å². The minimum atomic E-state index is -1.03. The van der Waals surface area contributed by atoms with Gasteiger partial charge in [0.25, 0.3) is 0 Å². The molecule has 124 valence electrons. The quantitative estimate of drug-likeness (QED) is 0.497. The highest BCUT2D eigenvalue weighted by Crippen LogP contribution is 2.42. The molecule has 5 atom stereocenters. The highest BCUT2D eigenvalue weighted by molar-refractivity contribution is 5.67. The van der Waals surface area contributed by atoms with E-state index in [1.807, 2.05) is 0 Å². The number of aliphatic carboxylic acids is 1. The van der Waals surface area contributed by atoms with E-state index in [4.69, 9.17) is 5.11 Å². The zero-order chi connectivity index (χ0) is 16.1. The molecule has 3 N–H and O–H groups in total. The summed E-state index contributed by atoms with van der Waals surface area (Å²) >= 11 is 0. The third-order valence-electron chi connectivity index (χ3n) is 5.10. The lowest BCUT2D eigenvalue weighted by molar-refractivity contribution is -0.139. The molecule has 2 rings (SSSR count). The molecule has 22 heavy (non-hydrogen) atoms. The Kier molecular flexibility index (Phi) is 6.21. The fourth-order valence-corrected chi connectivity index (χ4v) is 3.92. The van der Waals surface area contributed by atoms with E-state index in [0.717, 1.165) is 6.42 Å². The van der Waals surface area contributed by atoms with Crippen molar-refractivity contribution in [1.29, 1.82) is 0 Å². The average molecular weight is 323 g/mol. The number of carbonyl (C=O) groups is 1. The molecule has 0 saturated heterocycles. The van der Waals surface area contributed by atoms with E-state index >= 15 is 0 Å². The second kappa shape index (κ2) is 7.93. The third-order valence-corrected chi connectivity index (χ3v) is 5.10. The van der Waals surface area contributed by atoms with Gasteiger partial charge in [-0.15, -0.1) is 0 Å². The zero-order valence-corrected chi connectivity index (χ0v) is 13.3. The van der Waals surface area contributed by atoms with Crippen LogP contribution in [-0.2, 0) is 4.79 Å². The number of carboxylic acid groups (broad SMARTS) is 1. The highest BCUT2D eigenvalue weighted by atomic mass is 18.2. The van der Waals surface area contributed by atoms with Gasteiger partial charge in [0.2, 0.25) is 0 Å². The van der Waals surface area contributed by atoms with Crippen LogP contribution in [0, 0.1) is 17.8 Å². The van der Waals surface area contributed by atoms with Gasteiger partial charge in [-0.3, -0.25) is 4.79 Å². The van der Waals surface area contributed by atoms with E-state index in [-0.39, 0.29) is 12.8 Å². The van der Waals surface area contributed by atoms with Crippen molar-refractivity contribution in [3.8, 4) is 0 Å². The molecule has 2 aliphatic carbocycles. The van der Waals surface area contributed by atoms with Crippen LogP contribution in [0.25, 0.3) is 0 Å². The van der Waals surface area contributed by atoms with Gasteiger partial charge in [-0.2, -0.15) is 0 Å². The first kappa shape index (κ1) is 17.2. The van der Waals surface area contributed by atoms with Gasteiger partial charge in [-0.25, -0.2) is 0 Å². The molecule has 0 aliphatic heterocycles. The standard InChI is InChI=1S/C18H28O4/c1-12-6-7-13-4-2-3-5-17(13)16(12)9-8-14(19)10-15(20)11-18(21)22/h4,6-7,12,14-17,19-20H,2-3,5,8-11H2,1H3,(H,21,22)/t12-,14+,15+,16-,17-/m0/s1/i3+1,4+1,7+1,9+1,12+1,14+1,15+1,17+1,18+1,19+2,20+2,21+2. The van der Waals surface area contributed by atoms with Crippen LogP contribution in [-0.4, -0.2) is 33.5 Å². The summed E-state index contributed by atoms with van der Waals surface area (Å²) < 4.78 is 0. The lowest BCUT2D eigenvalue weighted by atomic mass is 10.1. The number of aliphatic hydroxyl groups is 2. The third kappa shape index (κ3) is 4.68. The monoisotopic (exact) mass is 323 g/mol. The predicted octanol–water partition coefficient (Wildman–Crippen LogP) is 2.90. The Balaban J connectivity index is 1.84. The van der Waals surface area contributed by atoms with E-state index in [1.165, 1.54) is 24.8 Å². The summed E-state index contributed by atoms with van der Waals surface area (Å²) in [6.45, 7) is 2.23. The maximum atomic E-state index is 10.5. The Labute approximate surface area is 132 Å². The summed E-state index contributed by atoms with van der Waals surface area (Å²) in [5, 5.41) is 28.3. The minimum Gasteiger partial charge on any atom is -0.481 e. The van der Waals surface area contributed by atoms with Gasteiger partial charge in [0, 0.05) is 0 Å². The first-order valence-corrected chi connectivity index (χ1v) is 8.43. The minimum absolute atomic E-state index is 0.149. The molecule has 0 heterocycles. The van der Waals surface area contributed by atoms with E-state index in [2.05, 4.69) is 25.2 Å². The molecule has 0 aromatic heterocycles. The van der Waals surface area contributed by atoms with Gasteiger partial charge >= 0.3 is 5.97 Å². The molecular formula is C18H28O4. The van der Waals surface area contributed by atoms with Crippen molar-refractivity contribution in [2.45, 2.75) is 64.1 Å². The van der Waals surface area contributed by atoms with Gasteiger partial charge in [0.1, 0.15) is 0 Å². The van der Waals surface area contributed by atoms with Crippen molar-refractivity contribution in [2.24, 2.45) is 17.8 Å². The number of fused-ring (bicyclic) bond motifs is 1. The summed E-state index contributed by atoms with van der Waals surface area (Å²) in [6, 6.07) is 0. The first-order chi connectivity index (χ1) is 10.5. The van der Waals surface area contributed by atoms with Crippen LogP contribution in [0.1, 0.15) is 51.9 Å². The summed E-state index contributed by atoms with van der Waals surface area (Å²) in [7, 11) is 0. The lowest BCUT2D eigenvalue weighted by Crippen LogP contribution is -2.29. The first-order valence-electron chi connectivity index (χ1n) is 8.43. The number of aliphatic hydroxyl groups excluding tert-OH is 2. The molecule has 0 aromatic rings. The largest absolute Gasteiger partial charge is 0.481 e. The summed E-state index contributed by atoms with van der Waals surface area (Å²) in [5.74, 6) is 0.631. The SMILES string of the molecule is C[13C@H]1C=[13CH]C2=[13CH]C[13CH2]C[13C@@H]2[C@H]1[13CH2]C[13C@@H]([18OH])C[13C@@H]([18OH])C[13C](O)=[18O]. The molecule has 0 spiro atoms. The van der Waals surface area contributed by atoms with E-state index < -0.39 is 18.2 Å². The number of hydrogen-bond donors (Lipinski definition) is 3. The van der Waals surface area contributed by atoms with Crippen LogP contribution in [0.5, 0.6) is 0 Å². The van der Waals surface area contributed by atoms with Crippen molar-refractivity contribution in [1.82, 2.24) is 0 Å². The summed E-state index contributed by atoms with van der Waals surface area (Å²) in [5.41, 5.74) is 1.45. The molecule has 2 aliphatic rings. The Morgan fingerprint density at radius 1 is 1.41 bits per heavy atom. The second-order valence-electron chi connectivity index (χ2n) is 6.84. The zero-order valence-electron chi connectivity index (χ0n) is 13.3. The Morgan fingerprint density at radius 3 is 2.91 bits per heavy atom. The normalized spacial score (nSPS) is 30.3. The second-order valence-corrected chi connectivity index (χ2v) is 6.84. The van der Waals surface area contributed by atoms with Gasteiger partial charge in [0.05, 0.1) is 18.6 Å². The van der Waals surface area contributed by atoms with Crippen molar-refractivity contribution in [3.05, 3.63) is 23.8 Å². The molecule has 0 aromatic carbocycles. The predicted molar refractivity (Wildman–Crippen MR) is 85.3 cm³/mol. The van der Waals surface area contributed by atoms with E-state index in [1.54, 1.807) is 0 Å². The maximum Gasteiger partial charge on any atom is 0.305 e. The van der Waals surface area contributed by atoms with Crippen LogP contribution < -0.4 is 0 Å². The number of hydrogen-bond acceptors (Lipinski definition) is 3. The highest BCUT2D eigenvalue weighted by Gasteiger charge is 2.32. The molecule has 0 radical (unpaired) electrons. The van der Waals surface area contributed by atoms with Gasteiger partial charge in [-0.05, 0) is 61.9 Å². The number of rotatable bonds is 7. The van der Waals surface area contributed by atoms with E-state index in [0.29, 0.717) is 24.2 Å². The molecule has 0 amide bonds. The van der Waals surface area contributed by atoms with Crippen molar-refractivity contribution < 1.29 is 20.1 Å². The molecule has 4 heteroatoms. The van der Waals surface area contributed by atoms with Crippen LogP contribution in [0.3, 0.4) is 0 Å². The maximum absolute atomic E-state index is 10.5. The molecule has 0 saturated carbocycles. The Bertz CT molecular complexity index is 440. The fourth-order valence-electron chi connectivity index (χ4n) is 3.92. The van der Waals surface area contributed by atoms with E-state index in [9.17, 15) is 15.0 Å². The fraction of sp³-hybridized carbons (Fsp3) is 0.722. The topological polar surface area (TPSA) is 77.8 Å². The number of allylic oxidation sites excluding steroid dienone is 4. The smallest absolute Gasteiger partial charge is 0.305 e. The Morgan fingerprint density at radius 2 is 2.18 bits per heavy atom. The van der Waals surface area contributed by atoms with Gasteiger partial charge < -0.3 is 15.3 Å². The summed E-state index contributed by atoms with van der Waals surface area (Å²) in [4.78, 5) is 10.5. The van der Waals surface area contributed by atoms with Crippen molar-refractivity contribution in [2.75, 3.05) is 0 Å². The van der Waals surface area contributed by atoms with Crippen LogP contribution in [0.4, 0.5) is 0 Å². The van der Waals surface area contributed by atoms with Crippen LogP contribution >= 0.6 is 0 Å². The molecule has 0 bridgehead atoms. The average Bonchev–Trinajstić information content (AvgIpc) is 2.45. The Hall–Kier alpha value is -1.13. The lowest BCUT2D eigenvalue weighted by Gasteiger charge is -2.37. The van der Waals surface area contributed by atoms with Crippen LogP contribution in [0.15, 0.2) is 23.8 Å². The molecular weight excluding hydrogens is 295 g/mol. The van der Waals surface area contributed by atoms with Crippen molar-refractivity contribution in [3.63, 3.8) is 0 Å². The molecule has 0 fully saturated rings. The van der Waals surface area contributed by atoms with Gasteiger partial charge in [0.15, 0.2) is 0 Å². The molecule has 4 nitrogen and oxygen atoms in total. The molecule has 0 unspecified atom stereocenters.